The smallest absolute Gasteiger partial charge is 0.356 e. The molecule has 6 nitrogen and oxygen atoms in total. The molecule has 0 amide bonds. The summed E-state index contributed by atoms with van der Waals surface area (Å²) in [7, 11) is -3.62. The minimum Gasteiger partial charge on any atom is -0.476 e. The zero-order valence-electron chi connectivity index (χ0n) is 12.7. The summed E-state index contributed by atoms with van der Waals surface area (Å²) in [5.74, 6) is -1.64. The molecule has 25 heavy (non-hydrogen) atoms. The van der Waals surface area contributed by atoms with Crippen LogP contribution >= 0.6 is 15.9 Å². The van der Waals surface area contributed by atoms with E-state index in [-0.39, 0.29) is 21.9 Å². The first-order valence-electron chi connectivity index (χ1n) is 7.32. The molecule has 0 spiro atoms. The molecule has 1 aliphatic heterocycles. The van der Waals surface area contributed by atoms with Crippen LogP contribution in [0, 0.1) is 0 Å². The highest BCUT2D eigenvalue weighted by Crippen LogP contribution is 2.41. The Hall–Kier alpha value is -2.45. The number of nitrogens with zero attached hydrogens (tertiary/aromatic N) is 2. The van der Waals surface area contributed by atoms with Gasteiger partial charge in [-0.1, -0.05) is 30.3 Å². The van der Waals surface area contributed by atoms with Crippen molar-refractivity contribution in [2.75, 3.05) is 0 Å². The Kier molecular flexibility index (Phi) is 3.55. The molecule has 0 saturated heterocycles. The van der Waals surface area contributed by atoms with Gasteiger partial charge in [0.1, 0.15) is 0 Å². The van der Waals surface area contributed by atoms with E-state index in [0.29, 0.717) is 16.9 Å². The molecule has 1 aliphatic rings. The van der Waals surface area contributed by atoms with E-state index in [2.05, 4.69) is 21.0 Å². The number of hydrogen-bond acceptors (Lipinski definition) is 4. The van der Waals surface area contributed by atoms with Crippen LogP contribution in [0.25, 0.3) is 16.9 Å². The van der Waals surface area contributed by atoms with E-state index in [9.17, 15) is 18.3 Å². The van der Waals surface area contributed by atoms with Gasteiger partial charge in [-0.25, -0.2) is 17.9 Å². The van der Waals surface area contributed by atoms with Crippen LogP contribution in [0.3, 0.4) is 0 Å². The third-order valence-corrected chi connectivity index (χ3v) is 6.44. The number of hydrogen-bond donors (Lipinski definition) is 1. The third-order valence-electron chi connectivity index (χ3n) is 4.08. The summed E-state index contributed by atoms with van der Waals surface area (Å²) in [5, 5.41) is 13.7. The van der Waals surface area contributed by atoms with Crippen molar-refractivity contribution in [1.29, 1.82) is 0 Å². The molecule has 2 heterocycles. The maximum Gasteiger partial charge on any atom is 0.356 e. The number of halogens is 1. The molecular weight excluding hydrogens is 408 g/mol. The van der Waals surface area contributed by atoms with Crippen molar-refractivity contribution in [3.63, 3.8) is 0 Å². The van der Waals surface area contributed by atoms with Crippen molar-refractivity contribution in [2.45, 2.75) is 10.6 Å². The van der Waals surface area contributed by atoms with Gasteiger partial charge in [0.15, 0.2) is 15.5 Å². The van der Waals surface area contributed by atoms with Crippen molar-refractivity contribution in [1.82, 2.24) is 9.78 Å². The van der Waals surface area contributed by atoms with Gasteiger partial charge in [-0.3, -0.25) is 0 Å². The zero-order valence-corrected chi connectivity index (χ0v) is 15.1. The fourth-order valence-corrected chi connectivity index (χ4v) is 5.08. The molecule has 0 saturated carbocycles. The number of carboxylic acids is 1. The number of fused-ring (bicyclic) bond motifs is 3. The van der Waals surface area contributed by atoms with Crippen molar-refractivity contribution in [2.24, 2.45) is 0 Å². The summed E-state index contributed by atoms with van der Waals surface area (Å²) in [4.78, 5) is 11.8. The summed E-state index contributed by atoms with van der Waals surface area (Å²) in [5.41, 5.74) is 1.56. The SMILES string of the molecule is O=C(O)c1nn(-c2ccccc2Br)c2c1CS(=O)(=O)c1ccccc1-2. The first-order chi connectivity index (χ1) is 11.9. The first kappa shape index (κ1) is 16.0. The Morgan fingerprint density at radius 1 is 1.12 bits per heavy atom. The number of sulfone groups is 1. The number of aromatic carboxylic acids is 1. The van der Waals surface area contributed by atoms with Crippen LogP contribution < -0.4 is 0 Å². The van der Waals surface area contributed by atoms with Crippen LogP contribution in [0.4, 0.5) is 0 Å². The molecule has 2 aromatic carbocycles. The van der Waals surface area contributed by atoms with Gasteiger partial charge >= 0.3 is 5.97 Å². The maximum atomic E-state index is 12.6. The lowest BCUT2D eigenvalue weighted by molar-refractivity contribution is 0.0689. The molecule has 0 radical (unpaired) electrons. The van der Waals surface area contributed by atoms with Gasteiger partial charge < -0.3 is 5.11 Å². The summed E-state index contributed by atoms with van der Waals surface area (Å²) in [6.07, 6.45) is 0. The quantitative estimate of drug-likeness (QED) is 0.689. The minimum atomic E-state index is -3.62. The Labute approximate surface area is 151 Å². The van der Waals surface area contributed by atoms with Crippen molar-refractivity contribution >= 4 is 31.7 Å². The normalized spacial score (nSPS) is 14.6. The zero-order chi connectivity index (χ0) is 17.8. The maximum absolute atomic E-state index is 12.6. The highest BCUT2D eigenvalue weighted by molar-refractivity contribution is 9.10. The highest BCUT2D eigenvalue weighted by atomic mass is 79.9. The second-order valence-corrected chi connectivity index (χ2v) is 8.41. The van der Waals surface area contributed by atoms with Crippen LogP contribution in [0.2, 0.25) is 0 Å². The van der Waals surface area contributed by atoms with Gasteiger partial charge in [0.05, 0.1) is 22.0 Å². The molecule has 0 fully saturated rings. The number of rotatable bonds is 2. The largest absolute Gasteiger partial charge is 0.476 e. The lowest BCUT2D eigenvalue weighted by Crippen LogP contribution is -2.15. The highest BCUT2D eigenvalue weighted by Gasteiger charge is 2.36. The number of carbonyl (C=O) groups is 1. The van der Waals surface area contributed by atoms with Gasteiger partial charge in [-0.15, -0.1) is 0 Å². The minimum absolute atomic E-state index is 0.188. The Balaban J connectivity index is 2.13. The summed E-state index contributed by atoms with van der Waals surface area (Å²) < 4.78 is 27.4. The third kappa shape index (κ3) is 2.40. The average Bonchev–Trinajstić information content (AvgIpc) is 2.94. The van der Waals surface area contributed by atoms with E-state index < -0.39 is 15.8 Å². The predicted molar refractivity (Wildman–Crippen MR) is 94.5 cm³/mol. The fraction of sp³-hybridized carbons (Fsp3) is 0.0588. The molecule has 1 aromatic heterocycles. The Morgan fingerprint density at radius 2 is 1.80 bits per heavy atom. The number of benzene rings is 2. The molecule has 0 bridgehead atoms. The lowest BCUT2D eigenvalue weighted by Gasteiger charge is -2.19. The summed E-state index contributed by atoms with van der Waals surface area (Å²) in [6.45, 7) is 0. The Bertz CT molecular complexity index is 1140. The van der Waals surface area contributed by atoms with Crippen LogP contribution in [0.15, 0.2) is 57.9 Å². The molecule has 0 atom stereocenters. The van der Waals surface area contributed by atoms with Gasteiger partial charge in [0.25, 0.3) is 0 Å². The van der Waals surface area contributed by atoms with Crippen LogP contribution in [-0.2, 0) is 15.6 Å². The fourth-order valence-electron chi connectivity index (χ4n) is 3.03. The number of carboxylic acid groups (broad SMARTS) is 1. The number of para-hydroxylation sites is 1. The van der Waals surface area contributed by atoms with Gasteiger partial charge in [-0.05, 0) is 34.1 Å². The van der Waals surface area contributed by atoms with E-state index in [1.807, 2.05) is 12.1 Å². The van der Waals surface area contributed by atoms with Crippen molar-refractivity contribution in [3.8, 4) is 16.9 Å². The Morgan fingerprint density at radius 3 is 2.52 bits per heavy atom. The second-order valence-electron chi connectivity index (χ2n) is 5.60. The average molecular weight is 419 g/mol. The van der Waals surface area contributed by atoms with Crippen molar-refractivity contribution in [3.05, 3.63) is 64.3 Å². The van der Waals surface area contributed by atoms with E-state index in [1.165, 1.54) is 10.7 Å². The van der Waals surface area contributed by atoms with E-state index in [4.69, 9.17) is 0 Å². The van der Waals surface area contributed by atoms with Gasteiger partial charge in [0.2, 0.25) is 0 Å². The molecule has 0 aliphatic carbocycles. The topological polar surface area (TPSA) is 89.3 Å². The molecule has 3 aromatic rings. The van der Waals surface area contributed by atoms with E-state index >= 15 is 0 Å². The van der Waals surface area contributed by atoms with E-state index in [1.54, 1.807) is 30.3 Å². The standard InChI is InChI=1S/C17H11BrN2O4S/c18-12-6-2-3-7-13(12)20-16-10-5-1-4-8-14(10)25(23,24)9-11(16)15(19-20)17(21)22/h1-8H,9H2,(H,21,22). The van der Waals surface area contributed by atoms with Gasteiger partial charge in [0, 0.05) is 15.6 Å². The second kappa shape index (κ2) is 5.53. The van der Waals surface area contributed by atoms with Gasteiger partial charge in [-0.2, -0.15) is 5.10 Å². The molecular formula is C17H11BrN2O4S. The monoisotopic (exact) mass is 418 g/mol. The van der Waals surface area contributed by atoms with Crippen LogP contribution in [0.1, 0.15) is 16.1 Å². The van der Waals surface area contributed by atoms with Crippen molar-refractivity contribution < 1.29 is 18.3 Å². The predicted octanol–water partition coefficient (Wildman–Crippen LogP) is 3.29. The van der Waals surface area contributed by atoms with E-state index in [0.717, 1.165) is 4.47 Å². The lowest BCUT2D eigenvalue weighted by atomic mass is 10.1. The molecule has 4 rings (SSSR count). The molecule has 8 heteroatoms. The number of aromatic nitrogens is 2. The summed E-state index contributed by atoms with van der Waals surface area (Å²) in [6, 6.07) is 13.8. The van der Waals surface area contributed by atoms with Crippen LogP contribution in [0.5, 0.6) is 0 Å². The summed E-state index contributed by atoms with van der Waals surface area (Å²) >= 11 is 3.44. The van der Waals surface area contributed by atoms with Crippen LogP contribution in [-0.4, -0.2) is 29.3 Å². The molecule has 1 N–H and O–H groups in total. The molecule has 0 unspecified atom stereocenters. The molecule has 126 valence electrons. The first-order valence-corrected chi connectivity index (χ1v) is 9.77.